The number of primary amides is 1. The lowest BCUT2D eigenvalue weighted by molar-refractivity contribution is -0.125. The van der Waals surface area contributed by atoms with Crippen molar-refractivity contribution < 1.29 is 14.3 Å². The first kappa shape index (κ1) is 13.0. The van der Waals surface area contributed by atoms with Crippen molar-refractivity contribution in [1.82, 2.24) is 0 Å². The van der Waals surface area contributed by atoms with Gasteiger partial charge in [0.25, 0.3) is 5.91 Å². The average Bonchev–Trinajstić information content (AvgIpc) is 2.28. The minimum Gasteiger partial charge on any atom is -0.449 e. The predicted molar refractivity (Wildman–Crippen MR) is 64.8 cm³/mol. The van der Waals surface area contributed by atoms with Crippen molar-refractivity contribution in [1.29, 1.82) is 0 Å². The number of nitrogens with two attached hydrogens (primary N) is 1. The summed E-state index contributed by atoms with van der Waals surface area (Å²) in [4.78, 5) is 24.3. The molecule has 0 radical (unpaired) electrons. The molecule has 1 rings (SSSR count). The molecule has 92 valence electrons. The molecule has 1 amide bonds. The van der Waals surface area contributed by atoms with Crippen LogP contribution < -0.4 is 10.6 Å². The van der Waals surface area contributed by atoms with Crippen LogP contribution in [-0.2, 0) is 9.53 Å². The molecule has 5 nitrogen and oxygen atoms in total. The van der Waals surface area contributed by atoms with Gasteiger partial charge in [0, 0.05) is 19.8 Å². The predicted octanol–water partition coefficient (Wildman–Crippen LogP) is 0.783. The minimum atomic E-state index is -0.925. The summed E-state index contributed by atoms with van der Waals surface area (Å²) in [7, 11) is 3.74. The Hall–Kier alpha value is -2.04. The van der Waals surface area contributed by atoms with Crippen LogP contribution >= 0.6 is 0 Å². The number of carbonyl (C=O) groups excluding carboxylic acids is 2. The number of ether oxygens (including phenoxy) is 1. The maximum absolute atomic E-state index is 11.7. The quantitative estimate of drug-likeness (QED) is 0.784. The molecule has 0 aliphatic carbocycles. The fraction of sp³-hybridized carbons (Fsp3) is 0.333. The zero-order valence-corrected chi connectivity index (χ0v) is 10.1. The fourth-order valence-corrected chi connectivity index (χ4v) is 1.20. The number of anilines is 1. The molecule has 1 aromatic carbocycles. The highest BCUT2D eigenvalue weighted by Gasteiger charge is 2.16. The van der Waals surface area contributed by atoms with Crippen molar-refractivity contribution in [3.63, 3.8) is 0 Å². The maximum atomic E-state index is 11.7. The van der Waals surface area contributed by atoms with Crippen LogP contribution in [0.15, 0.2) is 24.3 Å². The largest absolute Gasteiger partial charge is 0.449 e. The van der Waals surface area contributed by atoms with Gasteiger partial charge in [-0.25, -0.2) is 4.79 Å². The van der Waals surface area contributed by atoms with Gasteiger partial charge in [-0.2, -0.15) is 0 Å². The van der Waals surface area contributed by atoms with E-state index in [0.717, 1.165) is 5.69 Å². The van der Waals surface area contributed by atoms with Gasteiger partial charge in [0.2, 0.25) is 0 Å². The summed E-state index contributed by atoms with van der Waals surface area (Å²) in [6.45, 7) is 1.44. The third-order valence-electron chi connectivity index (χ3n) is 2.28. The van der Waals surface area contributed by atoms with Crippen LogP contribution in [0.1, 0.15) is 17.3 Å². The first-order valence-corrected chi connectivity index (χ1v) is 5.19. The van der Waals surface area contributed by atoms with Crippen molar-refractivity contribution in [2.75, 3.05) is 19.0 Å². The van der Waals surface area contributed by atoms with Crippen LogP contribution in [0.5, 0.6) is 0 Å². The number of benzene rings is 1. The number of nitrogens with zero attached hydrogens (tertiary/aromatic N) is 1. The molecule has 0 saturated heterocycles. The lowest BCUT2D eigenvalue weighted by atomic mass is 10.2. The van der Waals surface area contributed by atoms with Gasteiger partial charge in [-0.1, -0.05) is 6.07 Å². The summed E-state index contributed by atoms with van der Waals surface area (Å²) in [6, 6.07) is 6.94. The van der Waals surface area contributed by atoms with Gasteiger partial charge in [0.1, 0.15) is 0 Å². The molecule has 0 spiro atoms. The smallest absolute Gasteiger partial charge is 0.338 e. The molecule has 0 heterocycles. The molecule has 1 aromatic rings. The molecule has 17 heavy (non-hydrogen) atoms. The molecule has 0 aromatic heterocycles. The van der Waals surface area contributed by atoms with Gasteiger partial charge < -0.3 is 15.4 Å². The van der Waals surface area contributed by atoms with Crippen LogP contribution in [0.2, 0.25) is 0 Å². The number of amides is 1. The molecule has 0 aliphatic heterocycles. The average molecular weight is 236 g/mol. The van der Waals surface area contributed by atoms with E-state index in [4.69, 9.17) is 10.5 Å². The van der Waals surface area contributed by atoms with E-state index in [-0.39, 0.29) is 0 Å². The molecule has 5 heteroatoms. The fourth-order valence-electron chi connectivity index (χ4n) is 1.20. The second-order valence-corrected chi connectivity index (χ2v) is 3.89. The molecule has 0 saturated carbocycles. The van der Waals surface area contributed by atoms with E-state index in [2.05, 4.69) is 0 Å². The molecular formula is C12H16N2O3. The normalized spacial score (nSPS) is 11.7. The van der Waals surface area contributed by atoms with Crippen molar-refractivity contribution in [3.05, 3.63) is 29.8 Å². The number of esters is 1. The Labute approximate surface area is 100 Å². The summed E-state index contributed by atoms with van der Waals surface area (Å²) in [5, 5.41) is 0. The second-order valence-electron chi connectivity index (χ2n) is 3.89. The highest BCUT2D eigenvalue weighted by Crippen LogP contribution is 2.14. The lowest BCUT2D eigenvalue weighted by Crippen LogP contribution is -2.30. The zero-order valence-electron chi connectivity index (χ0n) is 10.1. The molecule has 0 unspecified atom stereocenters. The molecule has 0 aliphatic rings. The van der Waals surface area contributed by atoms with Crippen LogP contribution in [-0.4, -0.2) is 32.1 Å². The highest BCUT2D eigenvalue weighted by molar-refractivity contribution is 5.92. The summed E-state index contributed by atoms with van der Waals surface area (Å²) < 4.78 is 4.90. The number of rotatable bonds is 4. The van der Waals surface area contributed by atoms with Crippen LogP contribution in [0, 0.1) is 0 Å². The third kappa shape index (κ3) is 3.48. The van der Waals surface area contributed by atoms with Gasteiger partial charge in [0.15, 0.2) is 6.10 Å². The Kier molecular flexibility index (Phi) is 4.09. The number of hydrogen-bond donors (Lipinski definition) is 1. The van der Waals surface area contributed by atoms with E-state index in [9.17, 15) is 9.59 Å². The van der Waals surface area contributed by atoms with Crippen LogP contribution in [0.4, 0.5) is 5.69 Å². The van der Waals surface area contributed by atoms with E-state index in [1.54, 1.807) is 18.2 Å². The first-order valence-electron chi connectivity index (χ1n) is 5.19. The SMILES string of the molecule is C[C@@H](OC(=O)c1cccc(N(C)C)c1)C(N)=O. The van der Waals surface area contributed by atoms with Crippen molar-refractivity contribution in [2.45, 2.75) is 13.0 Å². The van der Waals surface area contributed by atoms with Gasteiger partial charge >= 0.3 is 5.97 Å². The number of hydrogen-bond acceptors (Lipinski definition) is 4. The minimum absolute atomic E-state index is 0.393. The van der Waals surface area contributed by atoms with Crippen molar-refractivity contribution in [2.24, 2.45) is 5.73 Å². The van der Waals surface area contributed by atoms with Crippen LogP contribution in [0.3, 0.4) is 0 Å². The van der Waals surface area contributed by atoms with Gasteiger partial charge in [-0.05, 0) is 25.1 Å². The topological polar surface area (TPSA) is 72.6 Å². The molecular weight excluding hydrogens is 220 g/mol. The Morgan fingerprint density at radius 3 is 2.53 bits per heavy atom. The molecule has 1 atom stereocenters. The Balaban J connectivity index is 2.82. The van der Waals surface area contributed by atoms with E-state index in [0.29, 0.717) is 5.56 Å². The monoisotopic (exact) mass is 236 g/mol. The standard InChI is InChI=1S/C12H16N2O3/c1-8(11(13)15)17-12(16)9-5-4-6-10(7-9)14(2)3/h4-8H,1-3H3,(H2,13,15)/t8-/m1/s1. The summed E-state index contributed by atoms with van der Waals surface area (Å²) in [5.74, 6) is -1.22. The Morgan fingerprint density at radius 1 is 1.35 bits per heavy atom. The van der Waals surface area contributed by atoms with Crippen LogP contribution in [0.25, 0.3) is 0 Å². The number of carbonyl (C=O) groups is 2. The summed E-state index contributed by atoms with van der Waals surface area (Å²) in [5.41, 5.74) is 6.29. The van der Waals surface area contributed by atoms with E-state index < -0.39 is 18.0 Å². The van der Waals surface area contributed by atoms with E-state index in [1.807, 2.05) is 25.1 Å². The zero-order chi connectivity index (χ0) is 13.0. The first-order chi connectivity index (χ1) is 7.91. The van der Waals surface area contributed by atoms with Crippen molar-refractivity contribution in [3.8, 4) is 0 Å². The molecule has 0 bridgehead atoms. The van der Waals surface area contributed by atoms with Gasteiger partial charge in [-0.15, -0.1) is 0 Å². The summed E-state index contributed by atoms with van der Waals surface area (Å²) in [6.07, 6.45) is -0.925. The highest BCUT2D eigenvalue weighted by atomic mass is 16.5. The molecule has 0 fully saturated rings. The van der Waals surface area contributed by atoms with E-state index in [1.165, 1.54) is 6.92 Å². The third-order valence-corrected chi connectivity index (χ3v) is 2.28. The van der Waals surface area contributed by atoms with Gasteiger partial charge in [-0.3, -0.25) is 4.79 Å². The van der Waals surface area contributed by atoms with Gasteiger partial charge in [0.05, 0.1) is 5.56 Å². The van der Waals surface area contributed by atoms with E-state index >= 15 is 0 Å². The second kappa shape index (κ2) is 5.34. The Bertz CT molecular complexity index is 430. The van der Waals surface area contributed by atoms with Crippen molar-refractivity contribution >= 4 is 17.6 Å². The summed E-state index contributed by atoms with van der Waals surface area (Å²) >= 11 is 0. The Morgan fingerprint density at radius 2 is 2.00 bits per heavy atom. The maximum Gasteiger partial charge on any atom is 0.338 e. The molecule has 2 N–H and O–H groups in total. The lowest BCUT2D eigenvalue weighted by Gasteiger charge is -2.14.